The molecule has 0 spiro atoms. The third-order valence-electron chi connectivity index (χ3n) is 3.73. The van der Waals surface area contributed by atoms with E-state index in [0.29, 0.717) is 12.8 Å². The third kappa shape index (κ3) is 5.34. The van der Waals surface area contributed by atoms with Crippen molar-refractivity contribution in [2.24, 2.45) is 0 Å². The van der Waals surface area contributed by atoms with Crippen LogP contribution in [0.5, 0.6) is 0 Å². The number of hydrogen-bond acceptors (Lipinski definition) is 4. The van der Waals surface area contributed by atoms with Gasteiger partial charge in [-0.1, -0.05) is 30.3 Å². The van der Waals surface area contributed by atoms with Crippen LogP contribution in [0.25, 0.3) is 0 Å². The number of hydrogen-bond donors (Lipinski definition) is 3. The Morgan fingerprint density at radius 1 is 1.26 bits per heavy atom. The van der Waals surface area contributed by atoms with Crippen LogP contribution < -0.4 is 5.32 Å². The molecule has 1 heterocycles. The van der Waals surface area contributed by atoms with E-state index in [1.165, 1.54) is 13.3 Å². The lowest BCUT2D eigenvalue weighted by atomic mass is 10.0. The standard InChI is InChI=1S/C17H21N3O3/c1-12(21)15(8-7-13-5-3-2-4-6-13)20-16(17(22)23)9-14-10-18-11-19-14/h2-6,10-11,15-16,20H,7-9H2,1H3,(H,18,19)(H,22,23)/t15?,16-/m0/s1. The van der Waals surface area contributed by atoms with Crippen LogP contribution in [0.4, 0.5) is 0 Å². The molecule has 2 atom stereocenters. The monoisotopic (exact) mass is 315 g/mol. The van der Waals surface area contributed by atoms with Gasteiger partial charge in [-0.15, -0.1) is 0 Å². The number of H-pyrrole nitrogens is 1. The predicted octanol–water partition coefficient (Wildman–Crippen LogP) is 1.59. The van der Waals surface area contributed by atoms with Gasteiger partial charge in [-0.25, -0.2) is 4.98 Å². The molecule has 0 aliphatic heterocycles. The fourth-order valence-electron chi connectivity index (χ4n) is 2.44. The van der Waals surface area contributed by atoms with Crippen LogP contribution in [0, 0.1) is 0 Å². The highest BCUT2D eigenvalue weighted by Gasteiger charge is 2.24. The summed E-state index contributed by atoms with van der Waals surface area (Å²) in [5, 5.41) is 12.3. The molecular formula is C17H21N3O3. The van der Waals surface area contributed by atoms with Crippen molar-refractivity contribution in [2.45, 2.75) is 38.3 Å². The highest BCUT2D eigenvalue weighted by Crippen LogP contribution is 2.08. The average molecular weight is 315 g/mol. The number of ketones is 1. The van der Waals surface area contributed by atoms with Gasteiger partial charge < -0.3 is 10.1 Å². The van der Waals surface area contributed by atoms with E-state index in [0.717, 1.165) is 11.3 Å². The highest BCUT2D eigenvalue weighted by atomic mass is 16.4. The van der Waals surface area contributed by atoms with Gasteiger partial charge in [0.15, 0.2) is 0 Å². The first-order valence-electron chi connectivity index (χ1n) is 7.56. The third-order valence-corrected chi connectivity index (χ3v) is 3.73. The molecular weight excluding hydrogens is 294 g/mol. The largest absolute Gasteiger partial charge is 0.480 e. The maximum Gasteiger partial charge on any atom is 0.321 e. The molecule has 6 nitrogen and oxygen atoms in total. The van der Waals surface area contributed by atoms with E-state index in [1.54, 1.807) is 6.20 Å². The molecule has 3 N–H and O–H groups in total. The van der Waals surface area contributed by atoms with Gasteiger partial charge in [0.1, 0.15) is 11.8 Å². The summed E-state index contributed by atoms with van der Waals surface area (Å²) < 4.78 is 0. The number of aromatic nitrogens is 2. The Morgan fingerprint density at radius 3 is 2.57 bits per heavy atom. The van der Waals surface area contributed by atoms with E-state index >= 15 is 0 Å². The number of aliphatic carboxylic acids is 1. The number of imidazole rings is 1. The molecule has 0 saturated heterocycles. The van der Waals surface area contributed by atoms with E-state index in [2.05, 4.69) is 15.3 Å². The zero-order chi connectivity index (χ0) is 16.7. The summed E-state index contributed by atoms with van der Waals surface area (Å²) in [5.41, 5.74) is 1.84. The highest BCUT2D eigenvalue weighted by molar-refractivity contribution is 5.83. The van der Waals surface area contributed by atoms with E-state index in [4.69, 9.17) is 0 Å². The molecule has 6 heteroatoms. The molecule has 0 fully saturated rings. The lowest BCUT2D eigenvalue weighted by Crippen LogP contribution is -2.48. The van der Waals surface area contributed by atoms with Crippen molar-refractivity contribution in [1.29, 1.82) is 0 Å². The minimum absolute atomic E-state index is 0.0585. The van der Waals surface area contributed by atoms with Crippen molar-refractivity contribution < 1.29 is 14.7 Å². The Balaban J connectivity index is 1.98. The topological polar surface area (TPSA) is 95.1 Å². The minimum Gasteiger partial charge on any atom is -0.480 e. The number of aryl methyl sites for hydroxylation is 1. The number of Topliss-reactive ketones (excluding diaryl/α,β-unsaturated/α-hetero) is 1. The molecule has 0 saturated carbocycles. The first kappa shape index (κ1) is 16.9. The molecule has 0 aliphatic rings. The van der Waals surface area contributed by atoms with Crippen molar-refractivity contribution >= 4 is 11.8 Å². The summed E-state index contributed by atoms with van der Waals surface area (Å²) in [6.45, 7) is 1.48. The summed E-state index contributed by atoms with van der Waals surface area (Å²) in [4.78, 5) is 30.1. The Labute approximate surface area is 135 Å². The van der Waals surface area contributed by atoms with Crippen LogP contribution in [0.2, 0.25) is 0 Å². The number of aromatic amines is 1. The quantitative estimate of drug-likeness (QED) is 0.653. The van der Waals surface area contributed by atoms with Gasteiger partial charge in [-0.05, 0) is 25.3 Å². The minimum atomic E-state index is -0.981. The number of rotatable bonds is 9. The van der Waals surface area contributed by atoms with Crippen molar-refractivity contribution in [3.05, 3.63) is 54.1 Å². The maximum absolute atomic E-state index is 11.9. The number of carbonyl (C=O) groups excluding carboxylic acids is 1. The summed E-state index contributed by atoms with van der Waals surface area (Å²) in [5.74, 6) is -1.04. The number of carboxylic acid groups (broad SMARTS) is 1. The summed E-state index contributed by atoms with van der Waals surface area (Å²) in [7, 11) is 0. The van der Waals surface area contributed by atoms with Crippen LogP contribution in [0.15, 0.2) is 42.9 Å². The van der Waals surface area contributed by atoms with E-state index in [-0.39, 0.29) is 12.2 Å². The molecule has 0 radical (unpaired) electrons. The predicted molar refractivity (Wildman–Crippen MR) is 86.1 cm³/mol. The molecule has 2 aromatic rings. The lowest BCUT2D eigenvalue weighted by molar-refractivity contribution is -0.139. The van der Waals surface area contributed by atoms with Crippen molar-refractivity contribution in [3.8, 4) is 0 Å². The molecule has 0 amide bonds. The van der Waals surface area contributed by atoms with Crippen molar-refractivity contribution in [2.75, 3.05) is 0 Å². The molecule has 0 aliphatic carbocycles. The Kier molecular flexibility index (Phi) is 6.05. The Bertz CT molecular complexity index is 626. The number of benzene rings is 1. The van der Waals surface area contributed by atoms with Crippen molar-refractivity contribution in [1.82, 2.24) is 15.3 Å². The number of carbonyl (C=O) groups is 2. The zero-order valence-corrected chi connectivity index (χ0v) is 13.0. The van der Waals surface area contributed by atoms with Gasteiger partial charge >= 0.3 is 5.97 Å². The molecule has 2 rings (SSSR count). The van der Waals surface area contributed by atoms with Crippen LogP contribution in [-0.4, -0.2) is 38.9 Å². The van der Waals surface area contributed by atoms with Crippen LogP contribution in [0.1, 0.15) is 24.6 Å². The SMILES string of the molecule is CC(=O)C(CCc1ccccc1)N[C@@H](Cc1cnc[nH]1)C(=O)O. The second-order valence-electron chi connectivity index (χ2n) is 5.53. The first-order chi connectivity index (χ1) is 11.1. The van der Waals surface area contributed by atoms with Gasteiger partial charge in [0.25, 0.3) is 0 Å². The molecule has 1 aromatic heterocycles. The van der Waals surface area contributed by atoms with Gasteiger partial charge in [0.2, 0.25) is 0 Å². The van der Waals surface area contributed by atoms with Gasteiger partial charge in [0, 0.05) is 18.3 Å². The van der Waals surface area contributed by atoms with Crippen molar-refractivity contribution in [3.63, 3.8) is 0 Å². The van der Waals surface area contributed by atoms with Crippen LogP contribution in [0.3, 0.4) is 0 Å². The average Bonchev–Trinajstić information content (AvgIpc) is 3.03. The molecule has 23 heavy (non-hydrogen) atoms. The molecule has 0 bridgehead atoms. The number of carboxylic acids is 1. The van der Waals surface area contributed by atoms with E-state index in [9.17, 15) is 14.7 Å². The van der Waals surface area contributed by atoms with Crippen LogP contribution >= 0.6 is 0 Å². The van der Waals surface area contributed by atoms with Gasteiger partial charge in [-0.2, -0.15) is 0 Å². The normalized spacial score (nSPS) is 13.4. The summed E-state index contributed by atoms with van der Waals surface area (Å²) in [6, 6.07) is 8.51. The smallest absolute Gasteiger partial charge is 0.321 e. The fraction of sp³-hybridized carbons (Fsp3) is 0.353. The number of nitrogens with one attached hydrogen (secondary N) is 2. The molecule has 1 aromatic carbocycles. The molecule has 122 valence electrons. The zero-order valence-electron chi connectivity index (χ0n) is 13.0. The summed E-state index contributed by atoms with van der Waals surface area (Å²) in [6.07, 6.45) is 4.63. The van der Waals surface area contributed by atoms with E-state index in [1.807, 2.05) is 30.3 Å². The second-order valence-corrected chi connectivity index (χ2v) is 5.53. The fourth-order valence-corrected chi connectivity index (χ4v) is 2.44. The maximum atomic E-state index is 11.9. The Hall–Kier alpha value is -2.47. The van der Waals surface area contributed by atoms with Crippen LogP contribution in [-0.2, 0) is 22.4 Å². The lowest BCUT2D eigenvalue weighted by Gasteiger charge is -2.21. The molecule has 1 unspecified atom stereocenters. The number of nitrogens with zero attached hydrogens (tertiary/aromatic N) is 1. The van der Waals surface area contributed by atoms with Gasteiger partial charge in [0.05, 0.1) is 12.4 Å². The first-order valence-corrected chi connectivity index (χ1v) is 7.56. The second kappa shape index (κ2) is 8.24. The Morgan fingerprint density at radius 2 is 2.00 bits per heavy atom. The van der Waals surface area contributed by atoms with E-state index < -0.39 is 18.1 Å². The van der Waals surface area contributed by atoms with Gasteiger partial charge in [-0.3, -0.25) is 14.9 Å². The summed E-state index contributed by atoms with van der Waals surface area (Å²) >= 11 is 0.